The molecule has 9 nitrogen and oxygen atoms in total. The molecule has 40 heavy (non-hydrogen) atoms. The van der Waals surface area contributed by atoms with Crippen LogP contribution in [-0.2, 0) is 24.7 Å². The van der Waals surface area contributed by atoms with Gasteiger partial charge in [-0.2, -0.15) is 0 Å². The Hall–Kier alpha value is -5.18. The second kappa shape index (κ2) is 10.9. The standard InChI is InChI=1S/C31H29N7O2/c1-37-27-10-6-4-8-25(27)33-31(37)34-28-15-16-29(36-35-28)38-20-22(24-7-3-5-9-26(24)38)19-30(39)32-18-17-21-11-13-23(40-2)14-12-21/h3-16,20H,17-19H2,1-2H3,(H,32,39)(H,33,34,35). The fourth-order valence-corrected chi connectivity index (χ4v) is 4.85. The van der Waals surface area contributed by atoms with Crippen LogP contribution in [0.25, 0.3) is 27.8 Å². The predicted molar refractivity (Wildman–Crippen MR) is 156 cm³/mol. The number of hydrogen-bond donors (Lipinski definition) is 2. The first-order valence-corrected chi connectivity index (χ1v) is 13.1. The summed E-state index contributed by atoms with van der Waals surface area (Å²) in [5.74, 6) is 2.74. The largest absolute Gasteiger partial charge is 0.497 e. The summed E-state index contributed by atoms with van der Waals surface area (Å²) in [7, 11) is 3.61. The molecule has 1 amide bonds. The van der Waals surface area contributed by atoms with Crippen LogP contribution in [0.3, 0.4) is 0 Å². The van der Waals surface area contributed by atoms with E-state index in [4.69, 9.17) is 4.74 Å². The zero-order valence-corrected chi connectivity index (χ0v) is 22.3. The van der Waals surface area contributed by atoms with E-state index in [2.05, 4.69) is 25.8 Å². The van der Waals surface area contributed by atoms with Crippen LogP contribution < -0.4 is 15.4 Å². The minimum Gasteiger partial charge on any atom is -0.497 e. The Kier molecular flexibility index (Phi) is 6.84. The molecule has 200 valence electrons. The highest BCUT2D eigenvalue weighted by atomic mass is 16.5. The van der Waals surface area contributed by atoms with Gasteiger partial charge in [0.15, 0.2) is 11.6 Å². The normalized spacial score (nSPS) is 11.2. The summed E-state index contributed by atoms with van der Waals surface area (Å²) in [5, 5.41) is 16.2. The van der Waals surface area contributed by atoms with Crippen LogP contribution >= 0.6 is 0 Å². The maximum atomic E-state index is 12.8. The number of anilines is 2. The number of amides is 1. The van der Waals surface area contributed by atoms with Crippen LogP contribution in [0.4, 0.5) is 11.8 Å². The Morgan fingerprint density at radius 1 is 0.900 bits per heavy atom. The Morgan fingerprint density at radius 2 is 1.68 bits per heavy atom. The molecule has 9 heteroatoms. The van der Waals surface area contributed by atoms with Crippen LogP contribution in [0.2, 0.25) is 0 Å². The average molecular weight is 532 g/mol. The molecule has 0 radical (unpaired) electrons. The van der Waals surface area contributed by atoms with E-state index in [1.807, 2.05) is 107 Å². The second-order valence-electron chi connectivity index (χ2n) is 9.55. The van der Waals surface area contributed by atoms with Gasteiger partial charge in [0.2, 0.25) is 11.9 Å². The van der Waals surface area contributed by atoms with Crippen molar-refractivity contribution in [1.82, 2.24) is 29.6 Å². The minimum absolute atomic E-state index is 0.0236. The molecule has 2 N–H and O–H groups in total. The van der Waals surface area contributed by atoms with Crippen molar-refractivity contribution in [3.63, 3.8) is 0 Å². The number of methoxy groups -OCH3 is 1. The van der Waals surface area contributed by atoms with Crippen LogP contribution in [0.5, 0.6) is 5.75 Å². The number of nitrogens with one attached hydrogen (secondary N) is 2. The van der Waals surface area contributed by atoms with Crippen molar-refractivity contribution in [3.8, 4) is 11.6 Å². The molecule has 0 aliphatic carbocycles. The summed E-state index contributed by atoms with van der Waals surface area (Å²) < 4.78 is 9.16. The van der Waals surface area contributed by atoms with Crippen LogP contribution in [0.1, 0.15) is 11.1 Å². The fourth-order valence-electron chi connectivity index (χ4n) is 4.85. The van der Waals surface area contributed by atoms with Crippen molar-refractivity contribution in [2.45, 2.75) is 12.8 Å². The Labute approximate surface area is 231 Å². The van der Waals surface area contributed by atoms with Gasteiger partial charge in [-0.15, -0.1) is 10.2 Å². The third-order valence-electron chi connectivity index (χ3n) is 6.96. The molecular weight excluding hydrogens is 502 g/mol. The second-order valence-corrected chi connectivity index (χ2v) is 9.55. The monoisotopic (exact) mass is 531 g/mol. The lowest BCUT2D eigenvalue weighted by atomic mass is 10.1. The number of imidazole rings is 1. The molecule has 0 saturated carbocycles. The smallest absolute Gasteiger partial charge is 0.224 e. The van der Waals surface area contributed by atoms with Crippen molar-refractivity contribution >= 4 is 39.6 Å². The van der Waals surface area contributed by atoms with Crippen molar-refractivity contribution in [2.24, 2.45) is 7.05 Å². The fraction of sp³-hybridized carbons (Fsp3) is 0.161. The molecule has 0 aliphatic heterocycles. The quantitative estimate of drug-likeness (QED) is 0.274. The highest BCUT2D eigenvalue weighted by Gasteiger charge is 2.14. The zero-order valence-electron chi connectivity index (χ0n) is 22.3. The molecule has 3 heterocycles. The molecule has 0 unspecified atom stereocenters. The predicted octanol–water partition coefficient (Wildman–Crippen LogP) is 4.96. The van der Waals surface area contributed by atoms with E-state index in [0.29, 0.717) is 24.1 Å². The number of nitrogens with zero attached hydrogens (tertiary/aromatic N) is 5. The lowest BCUT2D eigenvalue weighted by Gasteiger charge is -2.07. The van der Waals surface area contributed by atoms with Gasteiger partial charge >= 0.3 is 0 Å². The van der Waals surface area contributed by atoms with E-state index in [-0.39, 0.29) is 12.3 Å². The van der Waals surface area contributed by atoms with Gasteiger partial charge in [-0.1, -0.05) is 42.5 Å². The molecule has 0 spiro atoms. The molecule has 0 bridgehead atoms. The van der Waals surface area contributed by atoms with E-state index >= 15 is 0 Å². The highest BCUT2D eigenvalue weighted by molar-refractivity contribution is 5.90. The van der Waals surface area contributed by atoms with Gasteiger partial charge in [-0.3, -0.25) is 9.36 Å². The lowest BCUT2D eigenvalue weighted by molar-refractivity contribution is -0.120. The number of carbonyl (C=O) groups excluding carboxylic acids is 1. The Balaban J connectivity index is 1.15. The number of benzene rings is 3. The van der Waals surface area contributed by atoms with E-state index in [1.165, 1.54) is 0 Å². The highest BCUT2D eigenvalue weighted by Crippen LogP contribution is 2.25. The number of hydrogen-bond acceptors (Lipinski definition) is 6. The first-order chi connectivity index (χ1) is 19.6. The van der Waals surface area contributed by atoms with Crippen LogP contribution in [0, 0.1) is 0 Å². The maximum absolute atomic E-state index is 12.8. The number of carbonyl (C=O) groups is 1. The van der Waals surface area contributed by atoms with Gasteiger partial charge in [-0.05, 0) is 60.0 Å². The van der Waals surface area contributed by atoms with Crippen LogP contribution in [0.15, 0.2) is 91.1 Å². The third kappa shape index (κ3) is 5.09. The SMILES string of the molecule is COc1ccc(CCNC(=O)Cc2cn(-c3ccc(Nc4nc5ccccc5n4C)nn3)c3ccccc23)cc1. The first-order valence-electron chi connectivity index (χ1n) is 13.1. The molecule has 3 aromatic carbocycles. The summed E-state index contributed by atoms with van der Waals surface area (Å²) in [6.45, 7) is 0.565. The van der Waals surface area contributed by atoms with Crippen molar-refractivity contribution < 1.29 is 9.53 Å². The molecule has 0 saturated heterocycles. The minimum atomic E-state index is -0.0236. The molecule has 0 aliphatic rings. The summed E-state index contributed by atoms with van der Waals surface area (Å²) in [6.07, 6.45) is 2.99. The molecular formula is C31H29N7O2. The summed E-state index contributed by atoms with van der Waals surface area (Å²) in [4.78, 5) is 17.5. The van der Waals surface area contributed by atoms with Crippen LogP contribution in [-0.4, -0.2) is 43.9 Å². The Bertz CT molecular complexity index is 1790. The molecule has 0 fully saturated rings. The van der Waals surface area contributed by atoms with Crippen molar-refractivity contribution in [2.75, 3.05) is 19.0 Å². The number of aryl methyl sites for hydroxylation is 1. The summed E-state index contributed by atoms with van der Waals surface area (Å²) >= 11 is 0. The molecule has 6 aromatic rings. The van der Waals surface area contributed by atoms with E-state index in [9.17, 15) is 4.79 Å². The summed E-state index contributed by atoms with van der Waals surface area (Å²) in [6, 6.07) is 27.6. The van der Waals surface area contributed by atoms with E-state index in [1.54, 1.807) is 7.11 Å². The third-order valence-corrected chi connectivity index (χ3v) is 6.96. The molecule has 6 rings (SSSR count). The lowest BCUT2D eigenvalue weighted by Crippen LogP contribution is -2.27. The number of ether oxygens (including phenoxy) is 1. The molecule has 3 aromatic heterocycles. The van der Waals surface area contributed by atoms with Crippen molar-refractivity contribution in [3.05, 3.63) is 102 Å². The first kappa shape index (κ1) is 25.1. The van der Waals surface area contributed by atoms with Crippen molar-refractivity contribution in [1.29, 1.82) is 0 Å². The van der Waals surface area contributed by atoms with Gasteiger partial charge in [0, 0.05) is 25.2 Å². The van der Waals surface area contributed by atoms with Gasteiger partial charge in [0.1, 0.15) is 5.75 Å². The van der Waals surface area contributed by atoms with Gasteiger partial charge in [0.25, 0.3) is 0 Å². The van der Waals surface area contributed by atoms with Gasteiger partial charge < -0.3 is 19.9 Å². The maximum Gasteiger partial charge on any atom is 0.224 e. The van der Waals surface area contributed by atoms with E-state index in [0.717, 1.165) is 45.2 Å². The molecule has 0 atom stereocenters. The zero-order chi connectivity index (χ0) is 27.5. The Morgan fingerprint density at radius 3 is 2.42 bits per heavy atom. The van der Waals surface area contributed by atoms with Gasteiger partial charge in [0.05, 0.1) is 30.1 Å². The topological polar surface area (TPSA) is 98.9 Å². The summed E-state index contributed by atoms with van der Waals surface area (Å²) in [5.41, 5.74) is 4.99. The number of aromatic nitrogens is 5. The average Bonchev–Trinajstić information content (AvgIpc) is 3.51. The van der Waals surface area contributed by atoms with Gasteiger partial charge in [-0.25, -0.2) is 4.98 Å². The number of fused-ring (bicyclic) bond motifs is 2. The van der Waals surface area contributed by atoms with E-state index < -0.39 is 0 Å². The number of rotatable bonds is 9. The number of para-hydroxylation sites is 3.